The van der Waals surface area contributed by atoms with Crippen molar-refractivity contribution in [3.05, 3.63) is 70.8 Å². The molecule has 132 valence electrons. The lowest BCUT2D eigenvalue weighted by molar-refractivity contribution is -0.0364. The van der Waals surface area contributed by atoms with E-state index in [1.807, 2.05) is 0 Å². The van der Waals surface area contributed by atoms with Crippen LogP contribution in [0.1, 0.15) is 60.3 Å². The molecule has 0 radical (unpaired) electrons. The minimum atomic E-state index is -0.527. The molecule has 1 aliphatic carbocycles. The first-order valence-corrected chi connectivity index (χ1v) is 9.72. The second-order valence-electron chi connectivity index (χ2n) is 8.07. The quantitative estimate of drug-likeness (QED) is 0.872. The number of aliphatic hydroxyl groups is 1. The Morgan fingerprint density at radius 2 is 1.72 bits per heavy atom. The Bertz CT molecular complexity index is 715. The van der Waals surface area contributed by atoms with Crippen molar-refractivity contribution in [2.24, 2.45) is 0 Å². The number of hydrogen-bond acceptors (Lipinski definition) is 2. The van der Waals surface area contributed by atoms with Gasteiger partial charge < -0.3 is 5.11 Å². The summed E-state index contributed by atoms with van der Waals surface area (Å²) in [4.78, 5) is 2.52. The second kappa shape index (κ2) is 6.93. The Hall–Kier alpha value is -1.64. The van der Waals surface area contributed by atoms with Crippen molar-refractivity contribution in [1.29, 1.82) is 0 Å². The lowest BCUT2D eigenvalue weighted by atomic mass is 9.70. The van der Waals surface area contributed by atoms with E-state index in [-0.39, 0.29) is 5.92 Å². The number of aryl methyl sites for hydroxylation is 1. The summed E-state index contributed by atoms with van der Waals surface area (Å²) in [5.41, 5.74) is 4.92. The van der Waals surface area contributed by atoms with Crippen LogP contribution in [-0.4, -0.2) is 22.2 Å². The molecule has 0 amide bonds. The normalized spacial score (nSPS) is 23.2. The Morgan fingerprint density at radius 3 is 2.48 bits per heavy atom. The zero-order valence-corrected chi connectivity index (χ0v) is 15.2. The van der Waals surface area contributed by atoms with E-state index >= 15 is 0 Å². The molecule has 0 bridgehead atoms. The van der Waals surface area contributed by atoms with Gasteiger partial charge in [-0.1, -0.05) is 73.4 Å². The topological polar surface area (TPSA) is 23.5 Å². The minimum Gasteiger partial charge on any atom is -0.389 e. The molecule has 1 heterocycles. The zero-order chi connectivity index (χ0) is 17.3. The lowest BCUT2D eigenvalue weighted by Crippen LogP contribution is -2.46. The molecule has 1 atom stereocenters. The second-order valence-corrected chi connectivity index (χ2v) is 8.07. The van der Waals surface area contributed by atoms with E-state index in [9.17, 15) is 5.11 Å². The van der Waals surface area contributed by atoms with Gasteiger partial charge in [-0.25, -0.2) is 0 Å². The van der Waals surface area contributed by atoms with E-state index in [4.69, 9.17) is 0 Å². The van der Waals surface area contributed by atoms with E-state index in [2.05, 4.69) is 60.4 Å². The lowest BCUT2D eigenvalue weighted by Gasteiger charge is -2.45. The van der Waals surface area contributed by atoms with Gasteiger partial charge in [0.25, 0.3) is 0 Å². The minimum absolute atomic E-state index is 0.239. The fraction of sp³-hybridized carbons (Fsp3) is 0.478. The van der Waals surface area contributed by atoms with Crippen molar-refractivity contribution in [3.63, 3.8) is 0 Å². The van der Waals surface area contributed by atoms with Crippen LogP contribution < -0.4 is 0 Å². The molecule has 2 aromatic rings. The van der Waals surface area contributed by atoms with E-state index in [0.29, 0.717) is 0 Å². The third-order valence-corrected chi connectivity index (χ3v) is 6.16. The predicted octanol–water partition coefficient (Wildman–Crippen LogP) is 4.79. The molecule has 1 N–H and O–H groups in total. The summed E-state index contributed by atoms with van der Waals surface area (Å²) in [6, 6.07) is 17.6. The highest BCUT2D eigenvalue weighted by atomic mass is 16.3. The molecule has 1 saturated carbocycles. The summed E-state index contributed by atoms with van der Waals surface area (Å²) in [6.45, 7) is 5.04. The van der Waals surface area contributed by atoms with Gasteiger partial charge in [0.1, 0.15) is 0 Å². The molecular formula is C23H29NO. The van der Waals surface area contributed by atoms with Crippen LogP contribution in [-0.2, 0) is 13.1 Å². The van der Waals surface area contributed by atoms with E-state index in [0.717, 1.165) is 45.3 Å². The number of nitrogens with zero attached hydrogens (tertiary/aromatic N) is 1. The summed E-state index contributed by atoms with van der Waals surface area (Å²) in [5, 5.41) is 11.4. The fourth-order valence-electron chi connectivity index (χ4n) is 4.72. The van der Waals surface area contributed by atoms with Crippen LogP contribution in [0.4, 0.5) is 0 Å². The molecule has 2 nitrogen and oxygen atoms in total. The van der Waals surface area contributed by atoms with Crippen LogP contribution >= 0.6 is 0 Å². The smallest absolute Gasteiger partial charge is 0.0728 e. The van der Waals surface area contributed by atoms with Gasteiger partial charge in [0.2, 0.25) is 0 Å². The molecule has 25 heavy (non-hydrogen) atoms. The van der Waals surface area contributed by atoms with E-state index < -0.39 is 5.60 Å². The van der Waals surface area contributed by atoms with Crippen LogP contribution in [0.3, 0.4) is 0 Å². The zero-order valence-electron chi connectivity index (χ0n) is 15.2. The summed E-state index contributed by atoms with van der Waals surface area (Å²) in [6.07, 6.45) is 5.48. The molecule has 0 spiro atoms. The van der Waals surface area contributed by atoms with Gasteiger partial charge in [-0.2, -0.15) is 0 Å². The SMILES string of the molecule is Cc1ccc(CN2Cc3ccccc3C(C3(O)CCCCC3)C2)cc1. The number of hydrogen-bond donors (Lipinski definition) is 1. The molecule has 2 heteroatoms. The third-order valence-electron chi connectivity index (χ3n) is 6.16. The molecule has 2 aromatic carbocycles. The maximum absolute atomic E-state index is 11.4. The number of rotatable bonds is 3. The molecule has 4 rings (SSSR count). The first kappa shape index (κ1) is 16.8. The van der Waals surface area contributed by atoms with Crippen molar-refractivity contribution in [3.8, 4) is 0 Å². The fourth-order valence-corrected chi connectivity index (χ4v) is 4.72. The van der Waals surface area contributed by atoms with E-state index in [1.165, 1.54) is 28.7 Å². The van der Waals surface area contributed by atoms with Crippen LogP contribution in [0.25, 0.3) is 0 Å². The van der Waals surface area contributed by atoms with Gasteiger partial charge in [-0.3, -0.25) is 4.90 Å². The maximum Gasteiger partial charge on any atom is 0.0728 e. The van der Waals surface area contributed by atoms with Gasteiger partial charge >= 0.3 is 0 Å². The highest BCUT2D eigenvalue weighted by Crippen LogP contribution is 2.43. The number of benzene rings is 2. The van der Waals surface area contributed by atoms with Gasteiger partial charge in [0.05, 0.1) is 5.60 Å². The Morgan fingerprint density at radius 1 is 1.00 bits per heavy atom. The molecule has 1 unspecified atom stereocenters. The summed E-state index contributed by atoms with van der Waals surface area (Å²) >= 11 is 0. The Labute approximate surface area is 151 Å². The van der Waals surface area contributed by atoms with Crippen LogP contribution in [0, 0.1) is 6.92 Å². The van der Waals surface area contributed by atoms with Gasteiger partial charge in [0.15, 0.2) is 0 Å². The van der Waals surface area contributed by atoms with Gasteiger partial charge in [0, 0.05) is 25.6 Å². The van der Waals surface area contributed by atoms with Crippen LogP contribution in [0.2, 0.25) is 0 Å². The molecule has 1 fully saturated rings. The van der Waals surface area contributed by atoms with Crippen LogP contribution in [0.15, 0.2) is 48.5 Å². The highest BCUT2D eigenvalue weighted by molar-refractivity contribution is 5.35. The first-order chi connectivity index (χ1) is 12.1. The van der Waals surface area contributed by atoms with Gasteiger partial charge in [-0.15, -0.1) is 0 Å². The summed E-state index contributed by atoms with van der Waals surface area (Å²) < 4.78 is 0. The molecule has 0 aromatic heterocycles. The number of fused-ring (bicyclic) bond motifs is 1. The predicted molar refractivity (Wildman–Crippen MR) is 103 cm³/mol. The Kier molecular flexibility index (Phi) is 4.66. The molecule has 1 aliphatic heterocycles. The third kappa shape index (κ3) is 3.51. The van der Waals surface area contributed by atoms with E-state index in [1.54, 1.807) is 0 Å². The average Bonchev–Trinajstić information content (AvgIpc) is 2.63. The van der Waals surface area contributed by atoms with Crippen molar-refractivity contribution >= 4 is 0 Å². The standard InChI is InChI=1S/C23H29NO/c1-18-9-11-19(12-10-18)15-24-16-20-7-3-4-8-21(20)22(17-24)23(25)13-5-2-6-14-23/h3-4,7-12,22,25H,2,5-6,13-17H2,1H3. The monoisotopic (exact) mass is 335 g/mol. The van der Waals surface area contributed by atoms with Crippen molar-refractivity contribution < 1.29 is 5.11 Å². The summed E-state index contributed by atoms with van der Waals surface area (Å²) in [7, 11) is 0. The van der Waals surface area contributed by atoms with Crippen molar-refractivity contribution in [2.75, 3.05) is 6.54 Å². The van der Waals surface area contributed by atoms with Crippen molar-refractivity contribution in [2.45, 2.75) is 63.6 Å². The van der Waals surface area contributed by atoms with Crippen LogP contribution in [0.5, 0.6) is 0 Å². The molecule has 2 aliphatic rings. The average molecular weight is 335 g/mol. The highest BCUT2D eigenvalue weighted by Gasteiger charge is 2.42. The first-order valence-electron chi connectivity index (χ1n) is 9.72. The molecular weight excluding hydrogens is 306 g/mol. The largest absolute Gasteiger partial charge is 0.389 e. The van der Waals surface area contributed by atoms with Gasteiger partial charge in [-0.05, 0) is 36.5 Å². The van der Waals surface area contributed by atoms with Crippen molar-refractivity contribution in [1.82, 2.24) is 4.90 Å². The summed E-state index contributed by atoms with van der Waals surface area (Å²) in [5.74, 6) is 0.239. The maximum atomic E-state index is 11.4. The molecule has 0 saturated heterocycles. The Balaban J connectivity index is 1.61.